The highest BCUT2D eigenvalue weighted by Crippen LogP contribution is 2.21. The zero-order valence-electron chi connectivity index (χ0n) is 18.8. The number of halogens is 2. The van der Waals surface area contributed by atoms with E-state index in [1.807, 2.05) is 12.1 Å². The number of hydrogen-bond donors (Lipinski definition) is 0. The second kappa shape index (κ2) is 9.80. The minimum atomic E-state index is -0.330. The SMILES string of the molecule is O=c1c(-c2ccc(F)cc2)coc2ccccc12.O=c1c(-c2ccc(F)cc2)coc2ccccc12. The number of rotatable bonds is 2. The summed E-state index contributed by atoms with van der Waals surface area (Å²) in [5.41, 5.74) is 3.06. The molecule has 0 unspecified atom stereocenters. The maximum absolute atomic E-state index is 12.9. The maximum atomic E-state index is 12.9. The van der Waals surface area contributed by atoms with E-state index in [4.69, 9.17) is 8.83 Å². The van der Waals surface area contributed by atoms with Gasteiger partial charge in [-0.1, -0.05) is 48.5 Å². The van der Waals surface area contributed by atoms with Gasteiger partial charge in [0.15, 0.2) is 10.9 Å². The van der Waals surface area contributed by atoms with Crippen LogP contribution in [-0.2, 0) is 0 Å². The molecule has 4 nitrogen and oxygen atoms in total. The van der Waals surface area contributed by atoms with Crippen LogP contribution in [0.15, 0.2) is 128 Å². The molecule has 0 aliphatic carbocycles. The number of para-hydroxylation sites is 2. The van der Waals surface area contributed by atoms with E-state index in [0.29, 0.717) is 44.2 Å². The first-order valence-electron chi connectivity index (χ1n) is 11.0. The van der Waals surface area contributed by atoms with E-state index in [1.54, 1.807) is 60.7 Å². The molecule has 0 atom stereocenters. The summed E-state index contributed by atoms with van der Waals surface area (Å²) in [6.45, 7) is 0. The van der Waals surface area contributed by atoms with Gasteiger partial charge in [0.1, 0.15) is 35.3 Å². The van der Waals surface area contributed by atoms with E-state index in [0.717, 1.165) is 0 Å². The maximum Gasteiger partial charge on any atom is 0.200 e. The molecule has 0 saturated heterocycles. The van der Waals surface area contributed by atoms with Crippen LogP contribution in [0.4, 0.5) is 8.78 Å². The number of hydrogen-bond acceptors (Lipinski definition) is 4. The van der Waals surface area contributed by atoms with Gasteiger partial charge in [-0.05, 0) is 59.7 Å². The predicted octanol–water partition coefficient (Wildman–Crippen LogP) is 7.20. The fourth-order valence-corrected chi connectivity index (χ4v) is 3.81. The zero-order chi connectivity index (χ0) is 25.1. The Balaban J connectivity index is 0.000000148. The van der Waals surface area contributed by atoms with E-state index >= 15 is 0 Å². The minimum Gasteiger partial charge on any atom is -0.463 e. The summed E-state index contributed by atoms with van der Waals surface area (Å²) in [7, 11) is 0. The number of benzene rings is 4. The molecule has 2 heterocycles. The third-order valence-electron chi connectivity index (χ3n) is 5.67. The van der Waals surface area contributed by atoms with E-state index < -0.39 is 0 Å². The van der Waals surface area contributed by atoms with Crippen LogP contribution in [-0.4, -0.2) is 0 Å². The molecule has 6 rings (SSSR count). The van der Waals surface area contributed by atoms with Crippen molar-refractivity contribution in [1.82, 2.24) is 0 Å². The smallest absolute Gasteiger partial charge is 0.200 e. The second-order valence-corrected chi connectivity index (χ2v) is 7.96. The standard InChI is InChI=1S/2C15H9FO2/c2*16-11-7-5-10(6-8-11)13-9-18-14-4-2-1-3-12(14)15(13)17/h2*1-9H. The Kier molecular flexibility index (Phi) is 6.24. The average Bonchev–Trinajstić information content (AvgIpc) is 2.91. The van der Waals surface area contributed by atoms with Gasteiger partial charge in [-0.2, -0.15) is 0 Å². The van der Waals surface area contributed by atoms with Crippen LogP contribution in [0, 0.1) is 11.6 Å². The fraction of sp³-hybridized carbons (Fsp3) is 0. The third kappa shape index (κ3) is 4.57. The molecule has 0 aliphatic heterocycles. The topological polar surface area (TPSA) is 60.4 Å². The lowest BCUT2D eigenvalue weighted by Crippen LogP contribution is -2.04. The molecule has 0 radical (unpaired) electrons. The average molecular weight is 480 g/mol. The van der Waals surface area contributed by atoms with Crippen molar-refractivity contribution < 1.29 is 17.6 Å². The first-order valence-corrected chi connectivity index (χ1v) is 11.0. The van der Waals surface area contributed by atoms with Crippen LogP contribution in [0.25, 0.3) is 44.2 Å². The Hall–Kier alpha value is -4.84. The molecule has 0 spiro atoms. The summed E-state index contributed by atoms with van der Waals surface area (Å²) in [6.07, 6.45) is 2.83. The fourth-order valence-electron chi connectivity index (χ4n) is 3.81. The lowest BCUT2D eigenvalue weighted by atomic mass is 10.1. The molecule has 36 heavy (non-hydrogen) atoms. The van der Waals surface area contributed by atoms with Crippen molar-refractivity contribution in [2.45, 2.75) is 0 Å². The highest BCUT2D eigenvalue weighted by Gasteiger charge is 2.09. The van der Waals surface area contributed by atoms with Crippen molar-refractivity contribution in [2.24, 2.45) is 0 Å². The third-order valence-corrected chi connectivity index (χ3v) is 5.67. The van der Waals surface area contributed by atoms with Crippen molar-refractivity contribution in [3.63, 3.8) is 0 Å². The second-order valence-electron chi connectivity index (χ2n) is 7.96. The normalized spacial score (nSPS) is 10.7. The molecule has 0 aliphatic rings. The van der Waals surface area contributed by atoms with Gasteiger partial charge in [0.05, 0.1) is 21.9 Å². The van der Waals surface area contributed by atoms with E-state index in [2.05, 4.69) is 0 Å². The largest absolute Gasteiger partial charge is 0.463 e. The Morgan fingerprint density at radius 2 is 0.833 bits per heavy atom. The quantitative estimate of drug-likeness (QED) is 0.263. The predicted molar refractivity (Wildman–Crippen MR) is 136 cm³/mol. The Labute approximate surface area is 203 Å². The molecule has 0 saturated carbocycles. The van der Waals surface area contributed by atoms with Gasteiger partial charge in [0.2, 0.25) is 0 Å². The molecule has 0 amide bonds. The summed E-state index contributed by atoms with van der Waals surface area (Å²) in [5.74, 6) is -0.659. The summed E-state index contributed by atoms with van der Waals surface area (Å²) in [4.78, 5) is 24.5. The van der Waals surface area contributed by atoms with E-state index in [1.165, 1.54) is 36.8 Å². The van der Waals surface area contributed by atoms with E-state index in [-0.39, 0.29) is 22.5 Å². The molecule has 6 aromatic rings. The van der Waals surface area contributed by atoms with Crippen LogP contribution < -0.4 is 10.9 Å². The van der Waals surface area contributed by atoms with Crippen LogP contribution in [0.5, 0.6) is 0 Å². The van der Waals surface area contributed by atoms with Gasteiger partial charge in [-0.3, -0.25) is 9.59 Å². The molecular weight excluding hydrogens is 462 g/mol. The molecule has 4 aromatic carbocycles. The zero-order valence-corrected chi connectivity index (χ0v) is 18.8. The first kappa shape index (κ1) is 22.9. The summed E-state index contributed by atoms with van der Waals surface area (Å²) in [6, 6.07) is 25.7. The van der Waals surface area contributed by atoms with Crippen molar-refractivity contribution in [2.75, 3.05) is 0 Å². The van der Waals surface area contributed by atoms with Crippen molar-refractivity contribution in [1.29, 1.82) is 0 Å². The molecule has 2 aromatic heterocycles. The highest BCUT2D eigenvalue weighted by molar-refractivity contribution is 5.82. The highest BCUT2D eigenvalue weighted by atomic mass is 19.1. The molecule has 0 fully saturated rings. The van der Waals surface area contributed by atoms with Gasteiger partial charge in [-0.15, -0.1) is 0 Å². The summed E-state index contributed by atoms with van der Waals surface area (Å²) in [5, 5.41) is 1.05. The van der Waals surface area contributed by atoms with Gasteiger partial charge in [-0.25, -0.2) is 8.78 Å². The molecule has 6 heteroatoms. The van der Waals surface area contributed by atoms with Crippen molar-refractivity contribution in [3.8, 4) is 22.3 Å². The van der Waals surface area contributed by atoms with Crippen molar-refractivity contribution in [3.05, 3.63) is 142 Å². The summed E-state index contributed by atoms with van der Waals surface area (Å²) < 4.78 is 36.5. The summed E-state index contributed by atoms with van der Waals surface area (Å²) >= 11 is 0. The van der Waals surface area contributed by atoms with Crippen LogP contribution >= 0.6 is 0 Å². The monoisotopic (exact) mass is 480 g/mol. The van der Waals surface area contributed by atoms with Crippen LogP contribution in [0.2, 0.25) is 0 Å². The molecular formula is C30H18F2O4. The molecule has 0 N–H and O–H groups in total. The Morgan fingerprint density at radius 3 is 1.22 bits per heavy atom. The van der Waals surface area contributed by atoms with Gasteiger partial charge >= 0.3 is 0 Å². The van der Waals surface area contributed by atoms with E-state index in [9.17, 15) is 18.4 Å². The van der Waals surface area contributed by atoms with Crippen molar-refractivity contribution >= 4 is 21.9 Å². The first-order chi connectivity index (χ1) is 17.5. The van der Waals surface area contributed by atoms with Crippen LogP contribution in [0.3, 0.4) is 0 Å². The minimum absolute atomic E-state index is 0.108. The number of fused-ring (bicyclic) bond motifs is 2. The Morgan fingerprint density at radius 1 is 0.472 bits per heavy atom. The molecule has 176 valence electrons. The lowest BCUT2D eigenvalue weighted by Gasteiger charge is -2.02. The Bertz CT molecular complexity index is 1650. The van der Waals surface area contributed by atoms with Gasteiger partial charge in [0, 0.05) is 0 Å². The lowest BCUT2D eigenvalue weighted by molar-refractivity contribution is 0.604. The van der Waals surface area contributed by atoms with Crippen LogP contribution in [0.1, 0.15) is 0 Å². The molecule has 0 bridgehead atoms. The van der Waals surface area contributed by atoms with Gasteiger partial charge in [0.25, 0.3) is 0 Å². The van der Waals surface area contributed by atoms with Gasteiger partial charge < -0.3 is 8.83 Å².